The van der Waals surface area contributed by atoms with Crippen molar-refractivity contribution in [2.24, 2.45) is 0 Å². The van der Waals surface area contributed by atoms with Crippen LogP contribution >= 0.6 is 0 Å². The second-order valence-electron chi connectivity index (χ2n) is 4.23. The van der Waals surface area contributed by atoms with Crippen LogP contribution in [0.15, 0.2) is 65.8 Å². The van der Waals surface area contributed by atoms with Crippen molar-refractivity contribution in [3.63, 3.8) is 0 Å². The molecule has 3 rings (SSSR count). The lowest BCUT2D eigenvalue weighted by Gasteiger charge is -2.12. The predicted molar refractivity (Wildman–Crippen MR) is 76.2 cm³/mol. The Kier molecular flexibility index (Phi) is 3.25. The number of nitrogens with zero attached hydrogens (tertiary/aromatic N) is 3. The minimum atomic E-state index is 0.497. The van der Waals surface area contributed by atoms with Crippen LogP contribution in [0, 0.1) is 0 Å². The van der Waals surface area contributed by atoms with Gasteiger partial charge < -0.3 is 17.2 Å². The molecule has 0 fully saturated rings. The summed E-state index contributed by atoms with van der Waals surface area (Å²) in [5.74, 6) is 0.863. The third-order valence-electron chi connectivity index (χ3n) is 2.92. The molecular formula is C15H12N3S-. The maximum Gasteiger partial charge on any atom is 0.140 e. The zero-order valence-electron chi connectivity index (χ0n) is 10.2. The molecule has 1 aromatic heterocycles. The van der Waals surface area contributed by atoms with E-state index in [9.17, 15) is 0 Å². The van der Waals surface area contributed by atoms with Gasteiger partial charge in [0, 0.05) is 17.3 Å². The zero-order valence-corrected chi connectivity index (χ0v) is 11.0. The summed E-state index contributed by atoms with van der Waals surface area (Å²) in [6.45, 7) is 0. The van der Waals surface area contributed by atoms with Crippen LogP contribution in [0.4, 0.5) is 0 Å². The van der Waals surface area contributed by atoms with Gasteiger partial charge in [-0.15, -0.1) is 5.10 Å². The molecule has 0 aliphatic carbocycles. The molecule has 19 heavy (non-hydrogen) atoms. The molecule has 1 heterocycles. The van der Waals surface area contributed by atoms with Gasteiger partial charge in [-0.25, -0.2) is 0 Å². The molecule has 0 aliphatic rings. The van der Waals surface area contributed by atoms with E-state index in [1.165, 1.54) is 5.56 Å². The maximum atomic E-state index is 5.26. The van der Waals surface area contributed by atoms with Gasteiger partial charge in [-0.3, -0.25) is 0 Å². The van der Waals surface area contributed by atoms with Gasteiger partial charge in [0.25, 0.3) is 0 Å². The Labute approximate surface area is 117 Å². The fourth-order valence-electron chi connectivity index (χ4n) is 2.03. The Morgan fingerprint density at radius 3 is 2.16 bits per heavy atom. The monoisotopic (exact) mass is 266 g/mol. The van der Waals surface area contributed by atoms with Gasteiger partial charge >= 0.3 is 0 Å². The molecule has 0 saturated carbocycles. The van der Waals surface area contributed by atoms with Crippen molar-refractivity contribution in [1.29, 1.82) is 0 Å². The molecule has 3 aromatic rings. The average molecular weight is 266 g/mol. The van der Waals surface area contributed by atoms with E-state index < -0.39 is 0 Å². The first-order valence-corrected chi connectivity index (χ1v) is 6.46. The number of hydrogen-bond acceptors (Lipinski definition) is 3. The van der Waals surface area contributed by atoms with Gasteiger partial charge in [0.05, 0.1) is 0 Å². The van der Waals surface area contributed by atoms with Crippen LogP contribution in [0.1, 0.15) is 11.4 Å². The third-order valence-corrected chi connectivity index (χ3v) is 3.18. The first-order chi connectivity index (χ1) is 9.34. The van der Waals surface area contributed by atoms with Gasteiger partial charge in [0.2, 0.25) is 0 Å². The van der Waals surface area contributed by atoms with Crippen molar-refractivity contribution in [3.05, 3.63) is 72.1 Å². The highest BCUT2D eigenvalue weighted by molar-refractivity contribution is 7.58. The van der Waals surface area contributed by atoms with Crippen LogP contribution in [-0.2, 0) is 19.0 Å². The van der Waals surface area contributed by atoms with Crippen molar-refractivity contribution in [1.82, 2.24) is 14.8 Å². The zero-order chi connectivity index (χ0) is 13.1. The van der Waals surface area contributed by atoms with Crippen LogP contribution in [0.5, 0.6) is 0 Å². The first-order valence-electron chi connectivity index (χ1n) is 6.05. The van der Waals surface area contributed by atoms with Gasteiger partial charge in [-0.1, -0.05) is 48.5 Å². The van der Waals surface area contributed by atoms with E-state index in [4.69, 9.17) is 12.6 Å². The Bertz CT molecular complexity index is 662. The van der Waals surface area contributed by atoms with E-state index in [0.29, 0.717) is 5.16 Å². The Balaban J connectivity index is 2.00. The SMILES string of the molecule is [S-]c1nnc(Cc2ccccc2)n1-c1ccccc1. The highest BCUT2D eigenvalue weighted by Crippen LogP contribution is 2.15. The maximum absolute atomic E-state index is 5.26. The molecule has 94 valence electrons. The van der Waals surface area contributed by atoms with E-state index in [-0.39, 0.29) is 0 Å². The molecule has 0 amide bonds. The fourth-order valence-corrected chi connectivity index (χ4v) is 2.28. The van der Waals surface area contributed by atoms with Gasteiger partial charge in [0.1, 0.15) is 5.82 Å². The predicted octanol–water partition coefficient (Wildman–Crippen LogP) is 2.76. The summed E-state index contributed by atoms with van der Waals surface area (Å²) in [7, 11) is 0. The van der Waals surface area contributed by atoms with Crippen LogP contribution in [-0.4, -0.2) is 14.8 Å². The molecule has 0 saturated heterocycles. The van der Waals surface area contributed by atoms with Crippen molar-refractivity contribution in [2.45, 2.75) is 11.6 Å². The molecule has 0 aliphatic heterocycles. The first kappa shape index (κ1) is 11.9. The minimum absolute atomic E-state index is 0.497. The van der Waals surface area contributed by atoms with E-state index >= 15 is 0 Å². The lowest BCUT2D eigenvalue weighted by Crippen LogP contribution is -2.03. The van der Waals surface area contributed by atoms with Crippen molar-refractivity contribution >= 4 is 12.6 Å². The minimum Gasteiger partial charge on any atom is -0.740 e. The summed E-state index contributed by atoms with van der Waals surface area (Å²) in [5.41, 5.74) is 2.20. The number of rotatable bonds is 3. The Morgan fingerprint density at radius 2 is 1.47 bits per heavy atom. The highest BCUT2D eigenvalue weighted by Gasteiger charge is 2.07. The summed E-state index contributed by atoms with van der Waals surface area (Å²) >= 11 is 5.26. The van der Waals surface area contributed by atoms with Crippen LogP contribution < -0.4 is 0 Å². The Hall–Kier alpha value is -2.20. The molecule has 0 bridgehead atoms. The summed E-state index contributed by atoms with van der Waals surface area (Å²) < 4.78 is 1.92. The van der Waals surface area contributed by atoms with Crippen molar-refractivity contribution < 1.29 is 0 Å². The standard InChI is InChI=1S/C15H13N3S/c19-15-17-16-14(11-12-7-3-1-4-8-12)18(15)13-9-5-2-6-10-13/h1-10H,11H2,(H,17,19)/p-1. The second-order valence-corrected chi connectivity index (χ2v) is 4.60. The molecule has 2 aromatic carbocycles. The largest absolute Gasteiger partial charge is 0.740 e. The lowest BCUT2D eigenvalue weighted by molar-refractivity contribution is 0.851. The number of benzene rings is 2. The Morgan fingerprint density at radius 1 is 0.842 bits per heavy atom. The van der Waals surface area contributed by atoms with Crippen molar-refractivity contribution in [3.8, 4) is 5.69 Å². The highest BCUT2D eigenvalue weighted by atomic mass is 32.1. The topological polar surface area (TPSA) is 30.7 Å². The van der Waals surface area contributed by atoms with E-state index in [1.807, 2.05) is 53.1 Å². The van der Waals surface area contributed by atoms with Gasteiger partial charge in [-0.05, 0) is 17.7 Å². The third kappa shape index (κ3) is 2.48. The lowest BCUT2D eigenvalue weighted by atomic mass is 10.1. The molecule has 3 nitrogen and oxygen atoms in total. The molecule has 0 N–H and O–H groups in total. The molecule has 0 unspecified atom stereocenters. The number of aromatic nitrogens is 3. The van der Waals surface area contributed by atoms with Crippen LogP contribution in [0.25, 0.3) is 5.69 Å². The number of hydrogen-bond donors (Lipinski definition) is 0. The normalized spacial score (nSPS) is 10.5. The summed E-state index contributed by atoms with van der Waals surface area (Å²) in [4.78, 5) is 0. The summed E-state index contributed by atoms with van der Waals surface area (Å²) in [5, 5.41) is 8.71. The van der Waals surface area contributed by atoms with E-state index in [0.717, 1.165) is 17.9 Å². The van der Waals surface area contributed by atoms with Crippen LogP contribution in [0.3, 0.4) is 0 Å². The average Bonchev–Trinajstić information content (AvgIpc) is 2.82. The second kappa shape index (κ2) is 5.20. The smallest absolute Gasteiger partial charge is 0.140 e. The number of para-hydroxylation sites is 1. The van der Waals surface area contributed by atoms with Gasteiger partial charge in [0.15, 0.2) is 0 Å². The fraction of sp³-hybridized carbons (Fsp3) is 0.0667. The molecule has 0 atom stereocenters. The molecular weight excluding hydrogens is 254 g/mol. The quantitative estimate of drug-likeness (QED) is 0.683. The van der Waals surface area contributed by atoms with E-state index in [2.05, 4.69) is 22.3 Å². The molecule has 4 heteroatoms. The summed E-state index contributed by atoms with van der Waals surface area (Å²) in [6, 6.07) is 20.2. The molecule has 0 radical (unpaired) electrons. The van der Waals surface area contributed by atoms with Crippen molar-refractivity contribution in [2.75, 3.05) is 0 Å². The summed E-state index contributed by atoms with van der Waals surface area (Å²) in [6.07, 6.45) is 0.722. The van der Waals surface area contributed by atoms with E-state index in [1.54, 1.807) is 0 Å². The van der Waals surface area contributed by atoms with Gasteiger partial charge in [-0.2, -0.15) is 5.10 Å². The molecule has 0 spiro atoms. The van der Waals surface area contributed by atoms with Crippen LogP contribution in [0.2, 0.25) is 0 Å².